The van der Waals surface area contributed by atoms with Gasteiger partial charge in [-0.2, -0.15) is 0 Å². The van der Waals surface area contributed by atoms with Crippen LogP contribution in [0.2, 0.25) is 0 Å². The molecule has 26 heavy (non-hydrogen) atoms. The Hall–Kier alpha value is -0.300. The molecule has 0 aromatic heterocycles. The fraction of sp³-hybridized carbons (Fsp3) is 0.700. The number of nitrogens with two attached hydrogens (primary N) is 1. The maximum Gasteiger partial charge on any atom is 0.161 e. The number of hydrogen-bond donors (Lipinski definition) is 3. The van der Waals surface area contributed by atoms with Crippen molar-refractivity contribution in [2.75, 3.05) is 13.2 Å². The quantitative estimate of drug-likeness (QED) is 0.544. The molecule has 144 valence electrons. The molecule has 4 nitrogen and oxygen atoms in total. The van der Waals surface area contributed by atoms with E-state index in [1.165, 1.54) is 32.1 Å². The molecule has 1 unspecified atom stereocenters. The van der Waals surface area contributed by atoms with Crippen LogP contribution in [-0.2, 0) is 16.8 Å². The molecule has 6 heteroatoms. The van der Waals surface area contributed by atoms with E-state index in [9.17, 15) is 10.2 Å². The summed E-state index contributed by atoms with van der Waals surface area (Å²) in [4.78, 5) is 0. The Kier molecular flexibility index (Phi) is 4.86. The Morgan fingerprint density at radius 2 is 1.73 bits per heavy atom. The Morgan fingerprint density at radius 1 is 1.12 bits per heavy atom. The molecule has 4 bridgehead atoms. The van der Waals surface area contributed by atoms with Crippen LogP contribution in [0.25, 0.3) is 0 Å². The van der Waals surface area contributed by atoms with Crippen LogP contribution in [0.3, 0.4) is 0 Å². The van der Waals surface area contributed by atoms with Gasteiger partial charge in [0, 0.05) is 28.6 Å². The monoisotopic (exact) mass is 487 g/mol. The molecule has 0 saturated heterocycles. The van der Waals surface area contributed by atoms with Gasteiger partial charge in [0.25, 0.3) is 0 Å². The van der Waals surface area contributed by atoms with Gasteiger partial charge in [0.15, 0.2) is 11.5 Å². The fourth-order valence-corrected chi connectivity index (χ4v) is 7.82. The van der Waals surface area contributed by atoms with Crippen LogP contribution in [0.4, 0.5) is 0 Å². The van der Waals surface area contributed by atoms with E-state index in [0.717, 1.165) is 27.4 Å². The number of fused-ring (bicyclic) bond motifs is 1. The highest BCUT2D eigenvalue weighted by molar-refractivity contribution is 9.10. The Labute approximate surface area is 173 Å². The van der Waals surface area contributed by atoms with Gasteiger partial charge in [-0.3, -0.25) is 0 Å². The number of ether oxygens (including phenoxy) is 1. The third-order valence-electron chi connectivity index (χ3n) is 7.54. The molecule has 4 saturated carbocycles. The second kappa shape index (κ2) is 6.64. The zero-order valence-electron chi connectivity index (χ0n) is 14.8. The van der Waals surface area contributed by atoms with Crippen molar-refractivity contribution in [1.82, 2.24) is 0 Å². The molecule has 1 atom stereocenters. The van der Waals surface area contributed by atoms with Crippen molar-refractivity contribution in [3.05, 3.63) is 21.7 Å². The SMILES string of the molecule is Br.NCC1(C2C3CC4CC(C3)CC2C4)OCCc2c(O)c(O)cc(Br)c21. The standard InChI is InChI=1S/C20H26BrNO3.BrH/c21-15-8-16(23)19(24)14-1-2-25-20(9-22,18(14)15)17-12-4-10-3-11(6-12)7-13(17)5-10;/h8,10-13,17,23-24H,1-7,9,22H2;1H. The molecule has 5 aliphatic rings. The number of benzene rings is 1. The minimum atomic E-state index is -0.541. The van der Waals surface area contributed by atoms with E-state index in [0.29, 0.717) is 37.3 Å². The van der Waals surface area contributed by atoms with Crippen molar-refractivity contribution in [3.63, 3.8) is 0 Å². The van der Waals surface area contributed by atoms with Crippen LogP contribution in [0.1, 0.15) is 43.2 Å². The van der Waals surface area contributed by atoms with E-state index in [4.69, 9.17) is 10.5 Å². The van der Waals surface area contributed by atoms with Gasteiger partial charge in [0.05, 0.1) is 6.61 Å². The zero-order valence-corrected chi connectivity index (χ0v) is 18.1. The van der Waals surface area contributed by atoms with E-state index in [1.54, 1.807) is 6.07 Å². The van der Waals surface area contributed by atoms with Crippen LogP contribution in [0.5, 0.6) is 11.5 Å². The highest BCUT2D eigenvalue weighted by Gasteiger charge is 2.58. The van der Waals surface area contributed by atoms with Crippen LogP contribution in [0.15, 0.2) is 10.5 Å². The molecule has 6 rings (SSSR count). The molecule has 1 heterocycles. The second-order valence-corrected chi connectivity index (χ2v) is 9.58. The molecule has 0 spiro atoms. The van der Waals surface area contributed by atoms with Crippen LogP contribution < -0.4 is 5.73 Å². The number of phenols is 2. The minimum absolute atomic E-state index is 0. The summed E-state index contributed by atoms with van der Waals surface area (Å²) in [6.07, 6.45) is 7.26. The first kappa shape index (κ1) is 19.0. The van der Waals surface area contributed by atoms with Crippen molar-refractivity contribution in [2.45, 2.75) is 44.1 Å². The largest absolute Gasteiger partial charge is 0.504 e. The van der Waals surface area contributed by atoms with E-state index in [-0.39, 0.29) is 28.5 Å². The Morgan fingerprint density at radius 3 is 2.31 bits per heavy atom. The Bertz CT molecular complexity index is 697. The summed E-state index contributed by atoms with van der Waals surface area (Å²) in [5.74, 6) is 3.50. The van der Waals surface area contributed by atoms with Gasteiger partial charge in [-0.15, -0.1) is 17.0 Å². The van der Waals surface area contributed by atoms with Crippen molar-refractivity contribution in [1.29, 1.82) is 0 Å². The molecule has 1 aliphatic heterocycles. The van der Waals surface area contributed by atoms with Gasteiger partial charge in [0.1, 0.15) is 5.60 Å². The summed E-state index contributed by atoms with van der Waals surface area (Å²) in [5.41, 5.74) is 7.67. The molecule has 1 aromatic rings. The maximum atomic E-state index is 10.5. The lowest BCUT2D eigenvalue weighted by atomic mass is 9.48. The first-order valence-electron chi connectivity index (χ1n) is 9.61. The summed E-state index contributed by atoms with van der Waals surface area (Å²) in [7, 11) is 0. The third kappa shape index (κ3) is 2.51. The smallest absolute Gasteiger partial charge is 0.161 e. The normalized spacial score (nSPS) is 40.2. The zero-order chi connectivity index (χ0) is 17.3. The van der Waals surface area contributed by atoms with E-state index < -0.39 is 5.60 Å². The average Bonchev–Trinajstić information content (AvgIpc) is 2.58. The van der Waals surface area contributed by atoms with Crippen molar-refractivity contribution in [2.24, 2.45) is 35.3 Å². The fourth-order valence-electron chi connectivity index (χ4n) is 7.03. The van der Waals surface area contributed by atoms with Gasteiger partial charge in [-0.25, -0.2) is 0 Å². The molecule has 4 aliphatic carbocycles. The van der Waals surface area contributed by atoms with Gasteiger partial charge in [0.2, 0.25) is 0 Å². The second-order valence-electron chi connectivity index (χ2n) is 8.73. The van der Waals surface area contributed by atoms with E-state index >= 15 is 0 Å². The molecule has 1 aromatic carbocycles. The molecular weight excluding hydrogens is 462 g/mol. The van der Waals surface area contributed by atoms with Gasteiger partial charge < -0.3 is 20.7 Å². The van der Waals surface area contributed by atoms with Gasteiger partial charge in [-0.1, -0.05) is 15.9 Å². The summed E-state index contributed by atoms with van der Waals surface area (Å²) >= 11 is 3.64. The predicted molar refractivity (Wildman–Crippen MR) is 109 cm³/mol. The van der Waals surface area contributed by atoms with Crippen LogP contribution >= 0.6 is 32.9 Å². The number of hydrogen-bond acceptors (Lipinski definition) is 4. The molecule has 0 amide bonds. The van der Waals surface area contributed by atoms with Crippen molar-refractivity contribution < 1.29 is 14.9 Å². The minimum Gasteiger partial charge on any atom is -0.504 e. The van der Waals surface area contributed by atoms with Crippen LogP contribution in [0, 0.1) is 29.6 Å². The highest BCUT2D eigenvalue weighted by atomic mass is 79.9. The first-order chi connectivity index (χ1) is 12.0. The van der Waals surface area contributed by atoms with Crippen molar-refractivity contribution >= 4 is 32.9 Å². The van der Waals surface area contributed by atoms with Crippen LogP contribution in [-0.4, -0.2) is 23.4 Å². The number of rotatable bonds is 2. The lowest BCUT2D eigenvalue weighted by Gasteiger charge is -2.60. The average molecular weight is 489 g/mol. The topological polar surface area (TPSA) is 75.7 Å². The molecular formula is C20H27Br2NO3. The lowest BCUT2D eigenvalue weighted by Crippen LogP contribution is -2.58. The van der Waals surface area contributed by atoms with Gasteiger partial charge >= 0.3 is 0 Å². The molecule has 4 fully saturated rings. The third-order valence-corrected chi connectivity index (χ3v) is 8.16. The van der Waals surface area contributed by atoms with Crippen molar-refractivity contribution in [3.8, 4) is 11.5 Å². The van der Waals surface area contributed by atoms with Gasteiger partial charge in [-0.05, 0) is 67.8 Å². The summed E-state index contributed by atoms with van der Waals surface area (Å²) in [6, 6.07) is 1.60. The highest BCUT2D eigenvalue weighted by Crippen LogP contribution is 2.63. The van der Waals surface area contributed by atoms with E-state index in [1.807, 2.05) is 0 Å². The number of aromatic hydroxyl groups is 2. The number of phenolic OH excluding ortho intramolecular Hbond substituents is 2. The van der Waals surface area contributed by atoms with E-state index in [2.05, 4.69) is 15.9 Å². The summed E-state index contributed by atoms with van der Waals surface area (Å²) in [5, 5.41) is 20.5. The number of halogens is 2. The maximum absolute atomic E-state index is 10.5. The Balaban J connectivity index is 0.00000168. The summed E-state index contributed by atoms with van der Waals surface area (Å²) < 4.78 is 7.31. The lowest BCUT2D eigenvalue weighted by molar-refractivity contribution is -0.178. The molecule has 0 radical (unpaired) electrons. The predicted octanol–water partition coefficient (Wildman–Crippen LogP) is 4.24. The molecule has 4 N–H and O–H groups in total. The first-order valence-corrected chi connectivity index (χ1v) is 10.4. The summed E-state index contributed by atoms with van der Waals surface area (Å²) in [6.45, 7) is 0.978.